The van der Waals surface area contributed by atoms with Crippen LogP contribution < -0.4 is 5.32 Å². The number of nitro groups is 1. The zero-order valence-electron chi connectivity index (χ0n) is 9.65. The molecule has 0 spiro atoms. The first-order valence-electron chi connectivity index (χ1n) is 5.72. The van der Waals surface area contributed by atoms with Crippen molar-refractivity contribution in [2.24, 2.45) is 5.92 Å². The summed E-state index contributed by atoms with van der Waals surface area (Å²) in [6.45, 7) is 2.93. The van der Waals surface area contributed by atoms with E-state index in [2.05, 4.69) is 28.2 Å². The van der Waals surface area contributed by atoms with Gasteiger partial charge in [-0.25, -0.2) is 0 Å². The number of hydrogen-bond acceptors (Lipinski definition) is 3. The highest BCUT2D eigenvalue weighted by atomic mass is 79.9. The Labute approximate surface area is 109 Å². The van der Waals surface area contributed by atoms with E-state index in [9.17, 15) is 10.1 Å². The number of nitrogens with one attached hydrogen (secondary N) is 1. The average Bonchev–Trinajstić information content (AvgIpc) is 2.22. The molecule has 1 fully saturated rings. The van der Waals surface area contributed by atoms with Crippen LogP contribution in [0, 0.1) is 16.0 Å². The van der Waals surface area contributed by atoms with Gasteiger partial charge in [-0.3, -0.25) is 10.1 Å². The zero-order valence-corrected chi connectivity index (χ0v) is 11.2. The van der Waals surface area contributed by atoms with Crippen molar-refractivity contribution in [2.75, 3.05) is 0 Å². The van der Waals surface area contributed by atoms with Crippen LogP contribution in [-0.2, 0) is 6.54 Å². The lowest BCUT2D eigenvalue weighted by Crippen LogP contribution is -2.39. The van der Waals surface area contributed by atoms with Crippen LogP contribution in [0.2, 0.25) is 0 Å². The van der Waals surface area contributed by atoms with Crippen molar-refractivity contribution in [1.82, 2.24) is 5.32 Å². The maximum Gasteiger partial charge on any atom is 0.270 e. The first-order chi connectivity index (χ1) is 8.04. The molecule has 0 heterocycles. The van der Waals surface area contributed by atoms with Crippen LogP contribution >= 0.6 is 15.9 Å². The smallest absolute Gasteiger partial charge is 0.270 e. The second kappa shape index (κ2) is 5.14. The summed E-state index contributed by atoms with van der Waals surface area (Å²) < 4.78 is 0.755. The first-order valence-corrected chi connectivity index (χ1v) is 6.51. The second-order valence-electron chi connectivity index (χ2n) is 4.73. The van der Waals surface area contributed by atoms with Crippen LogP contribution in [0.4, 0.5) is 5.69 Å². The van der Waals surface area contributed by atoms with Crippen LogP contribution in [0.25, 0.3) is 0 Å². The fourth-order valence-corrected chi connectivity index (χ4v) is 2.70. The molecule has 0 amide bonds. The molecule has 5 heteroatoms. The molecule has 1 aliphatic rings. The van der Waals surface area contributed by atoms with E-state index in [1.807, 2.05) is 6.07 Å². The quantitative estimate of drug-likeness (QED) is 0.686. The predicted molar refractivity (Wildman–Crippen MR) is 69.8 cm³/mol. The number of nitro benzene ring substituents is 1. The SMILES string of the molecule is CC1CC(NCc2cc(Br)cc([N+](=O)[O-])c2)C1. The van der Waals surface area contributed by atoms with E-state index in [-0.39, 0.29) is 10.6 Å². The Kier molecular flexibility index (Phi) is 3.79. The Hall–Kier alpha value is -0.940. The molecule has 0 radical (unpaired) electrons. The molecule has 1 N–H and O–H groups in total. The summed E-state index contributed by atoms with van der Waals surface area (Å²) in [7, 11) is 0. The van der Waals surface area contributed by atoms with E-state index in [0.717, 1.165) is 16.0 Å². The van der Waals surface area contributed by atoms with Gasteiger partial charge in [0, 0.05) is 29.2 Å². The van der Waals surface area contributed by atoms with Gasteiger partial charge in [-0.1, -0.05) is 22.9 Å². The number of hydrogen-bond donors (Lipinski definition) is 1. The van der Waals surface area contributed by atoms with E-state index in [0.29, 0.717) is 12.6 Å². The normalized spacial score (nSPS) is 23.2. The van der Waals surface area contributed by atoms with Crippen LogP contribution in [0.1, 0.15) is 25.3 Å². The average molecular weight is 299 g/mol. The summed E-state index contributed by atoms with van der Waals surface area (Å²) in [6, 6.07) is 5.64. The topological polar surface area (TPSA) is 55.2 Å². The molecule has 17 heavy (non-hydrogen) atoms. The van der Waals surface area contributed by atoms with Gasteiger partial charge < -0.3 is 5.32 Å². The molecule has 1 aromatic carbocycles. The molecular formula is C12H15BrN2O2. The summed E-state index contributed by atoms with van der Waals surface area (Å²) in [5.74, 6) is 0.810. The van der Waals surface area contributed by atoms with E-state index < -0.39 is 0 Å². The molecule has 0 aromatic heterocycles. The van der Waals surface area contributed by atoms with Crippen LogP contribution in [0.5, 0.6) is 0 Å². The fraction of sp³-hybridized carbons (Fsp3) is 0.500. The lowest BCUT2D eigenvalue weighted by atomic mass is 9.82. The predicted octanol–water partition coefficient (Wildman–Crippen LogP) is 3.25. The molecular weight excluding hydrogens is 284 g/mol. The minimum absolute atomic E-state index is 0.137. The number of rotatable bonds is 4. The van der Waals surface area contributed by atoms with Crippen molar-refractivity contribution in [3.8, 4) is 0 Å². The lowest BCUT2D eigenvalue weighted by Gasteiger charge is -2.33. The van der Waals surface area contributed by atoms with Gasteiger partial charge >= 0.3 is 0 Å². The Morgan fingerprint density at radius 2 is 2.18 bits per heavy atom. The Balaban J connectivity index is 1.98. The van der Waals surface area contributed by atoms with Crippen molar-refractivity contribution < 1.29 is 4.92 Å². The highest BCUT2D eigenvalue weighted by Gasteiger charge is 2.24. The first kappa shape index (κ1) is 12.5. The molecule has 1 aromatic rings. The van der Waals surface area contributed by atoms with Crippen molar-refractivity contribution in [2.45, 2.75) is 32.4 Å². The lowest BCUT2D eigenvalue weighted by molar-refractivity contribution is -0.385. The van der Waals surface area contributed by atoms with Gasteiger partial charge in [0.05, 0.1) is 4.92 Å². The maximum absolute atomic E-state index is 10.7. The number of non-ortho nitro benzene ring substituents is 1. The molecule has 0 saturated heterocycles. The van der Waals surface area contributed by atoms with Crippen LogP contribution in [-0.4, -0.2) is 11.0 Å². The molecule has 0 bridgehead atoms. The van der Waals surface area contributed by atoms with Crippen molar-refractivity contribution >= 4 is 21.6 Å². The highest BCUT2D eigenvalue weighted by molar-refractivity contribution is 9.10. The molecule has 4 nitrogen and oxygen atoms in total. The Morgan fingerprint density at radius 3 is 2.76 bits per heavy atom. The van der Waals surface area contributed by atoms with Crippen molar-refractivity contribution in [3.05, 3.63) is 38.3 Å². The monoisotopic (exact) mass is 298 g/mol. The summed E-state index contributed by atoms with van der Waals surface area (Å²) in [5, 5.41) is 14.1. The Morgan fingerprint density at radius 1 is 1.47 bits per heavy atom. The van der Waals surface area contributed by atoms with E-state index in [4.69, 9.17) is 0 Å². The zero-order chi connectivity index (χ0) is 12.4. The van der Waals surface area contributed by atoms with E-state index in [1.165, 1.54) is 18.9 Å². The number of nitrogens with zero attached hydrogens (tertiary/aromatic N) is 1. The summed E-state index contributed by atoms with van der Waals surface area (Å²) in [6.07, 6.45) is 2.41. The molecule has 1 saturated carbocycles. The van der Waals surface area contributed by atoms with Gasteiger partial charge in [0.15, 0.2) is 0 Å². The summed E-state index contributed by atoms with van der Waals surface area (Å²) in [5.41, 5.74) is 1.09. The molecule has 0 unspecified atom stereocenters. The van der Waals surface area contributed by atoms with Gasteiger partial charge in [0.1, 0.15) is 0 Å². The highest BCUT2D eigenvalue weighted by Crippen LogP contribution is 2.27. The third-order valence-electron chi connectivity index (χ3n) is 3.12. The second-order valence-corrected chi connectivity index (χ2v) is 5.64. The summed E-state index contributed by atoms with van der Waals surface area (Å²) in [4.78, 5) is 10.4. The van der Waals surface area contributed by atoms with E-state index >= 15 is 0 Å². The van der Waals surface area contributed by atoms with Gasteiger partial charge in [0.25, 0.3) is 5.69 Å². The van der Waals surface area contributed by atoms with Crippen LogP contribution in [0.3, 0.4) is 0 Å². The van der Waals surface area contributed by atoms with Crippen molar-refractivity contribution in [1.29, 1.82) is 0 Å². The Bertz CT molecular complexity index is 431. The number of halogens is 1. The molecule has 0 aliphatic heterocycles. The number of benzene rings is 1. The minimum Gasteiger partial charge on any atom is -0.310 e. The molecule has 1 aliphatic carbocycles. The van der Waals surface area contributed by atoms with Crippen LogP contribution in [0.15, 0.2) is 22.7 Å². The van der Waals surface area contributed by atoms with Gasteiger partial charge in [0.2, 0.25) is 0 Å². The fourth-order valence-electron chi connectivity index (χ4n) is 2.17. The summed E-state index contributed by atoms with van der Waals surface area (Å²) >= 11 is 3.30. The molecule has 92 valence electrons. The standard InChI is InChI=1S/C12H15BrN2O2/c1-8-2-11(3-8)14-7-9-4-10(13)6-12(5-9)15(16)17/h4-6,8,11,14H,2-3,7H2,1H3. The van der Waals surface area contributed by atoms with E-state index in [1.54, 1.807) is 6.07 Å². The van der Waals surface area contributed by atoms with Gasteiger partial charge in [-0.05, 0) is 30.4 Å². The van der Waals surface area contributed by atoms with Gasteiger partial charge in [-0.15, -0.1) is 0 Å². The maximum atomic E-state index is 10.7. The minimum atomic E-state index is -0.361. The third-order valence-corrected chi connectivity index (χ3v) is 3.58. The largest absolute Gasteiger partial charge is 0.310 e. The third kappa shape index (κ3) is 3.26. The molecule has 0 atom stereocenters. The molecule has 2 rings (SSSR count). The van der Waals surface area contributed by atoms with Crippen molar-refractivity contribution in [3.63, 3.8) is 0 Å². The van der Waals surface area contributed by atoms with Gasteiger partial charge in [-0.2, -0.15) is 0 Å².